The first kappa shape index (κ1) is 17.4. The van der Waals surface area contributed by atoms with E-state index in [1.807, 2.05) is 0 Å². The van der Waals surface area contributed by atoms with Crippen LogP contribution in [0.3, 0.4) is 0 Å². The van der Waals surface area contributed by atoms with Gasteiger partial charge in [-0.15, -0.1) is 0 Å². The van der Waals surface area contributed by atoms with Crippen LogP contribution in [0.4, 0.5) is 5.82 Å². The van der Waals surface area contributed by atoms with Crippen molar-refractivity contribution < 1.29 is 8.42 Å². The van der Waals surface area contributed by atoms with Crippen molar-refractivity contribution in [2.75, 3.05) is 18.5 Å². The zero-order valence-electron chi connectivity index (χ0n) is 14.2. The molecule has 0 unspecified atom stereocenters. The number of aromatic nitrogens is 1. The molecule has 1 aromatic rings. The highest BCUT2D eigenvalue weighted by Gasteiger charge is 2.26. The Morgan fingerprint density at radius 2 is 2.00 bits per heavy atom. The fraction of sp³-hybridized carbons (Fsp3) is 0.647. The van der Waals surface area contributed by atoms with Crippen molar-refractivity contribution in [3.8, 4) is 0 Å². The van der Waals surface area contributed by atoms with E-state index in [1.165, 1.54) is 24.8 Å². The summed E-state index contributed by atoms with van der Waals surface area (Å²) >= 11 is 0. The minimum atomic E-state index is -3.41. The van der Waals surface area contributed by atoms with Gasteiger partial charge >= 0.3 is 0 Å². The highest BCUT2D eigenvalue weighted by molar-refractivity contribution is 7.89. The van der Waals surface area contributed by atoms with Crippen LogP contribution >= 0.6 is 0 Å². The summed E-state index contributed by atoms with van der Waals surface area (Å²) < 4.78 is 26.7. The van der Waals surface area contributed by atoms with E-state index in [4.69, 9.17) is 0 Å². The number of hydrogen-bond acceptors (Lipinski definition) is 5. The lowest BCUT2D eigenvalue weighted by Gasteiger charge is -2.25. The molecule has 2 fully saturated rings. The molecule has 6 nitrogen and oxygen atoms in total. The SMILES string of the molecule is C[C@@H]1CCC/C(=N/Nc2ccc(S(=O)(=O)N3CCCCC3)cn2)C1. The van der Waals surface area contributed by atoms with Crippen LogP contribution < -0.4 is 5.43 Å². The lowest BCUT2D eigenvalue weighted by atomic mass is 9.89. The van der Waals surface area contributed by atoms with E-state index in [-0.39, 0.29) is 4.90 Å². The minimum absolute atomic E-state index is 0.258. The quantitative estimate of drug-likeness (QED) is 0.846. The van der Waals surface area contributed by atoms with Gasteiger partial charge in [0.15, 0.2) is 0 Å². The molecular weight excluding hydrogens is 324 g/mol. The fourth-order valence-corrected chi connectivity index (χ4v) is 4.82. The summed E-state index contributed by atoms with van der Waals surface area (Å²) in [6, 6.07) is 3.30. The number of nitrogens with one attached hydrogen (secondary N) is 1. The Bertz CT molecular complexity index is 679. The van der Waals surface area contributed by atoms with E-state index >= 15 is 0 Å². The minimum Gasteiger partial charge on any atom is -0.261 e. The maximum absolute atomic E-state index is 12.6. The number of hydrazone groups is 1. The standard InChI is InChI=1S/C17H26N4O2S/c1-14-6-5-7-15(12-14)19-20-17-9-8-16(13-18-17)24(22,23)21-10-3-2-4-11-21/h8-9,13-14H,2-7,10-12H2,1H3,(H,18,20)/b19-15-/t14-/m1/s1. The highest BCUT2D eigenvalue weighted by Crippen LogP contribution is 2.22. The highest BCUT2D eigenvalue weighted by atomic mass is 32.2. The van der Waals surface area contributed by atoms with E-state index in [9.17, 15) is 8.42 Å². The Hall–Kier alpha value is -1.47. The van der Waals surface area contributed by atoms with Crippen LogP contribution in [0.2, 0.25) is 0 Å². The predicted octanol–water partition coefficient (Wildman–Crippen LogP) is 3.23. The summed E-state index contributed by atoms with van der Waals surface area (Å²) in [6.45, 7) is 3.45. The first-order chi connectivity index (χ1) is 11.6. The number of piperidine rings is 1. The summed E-state index contributed by atoms with van der Waals surface area (Å²) in [5, 5.41) is 4.43. The van der Waals surface area contributed by atoms with E-state index in [0.717, 1.165) is 32.1 Å². The van der Waals surface area contributed by atoms with Crippen LogP contribution in [0.15, 0.2) is 28.3 Å². The van der Waals surface area contributed by atoms with Gasteiger partial charge in [-0.25, -0.2) is 13.4 Å². The van der Waals surface area contributed by atoms with Gasteiger partial charge in [-0.2, -0.15) is 9.41 Å². The zero-order chi connectivity index (χ0) is 17.0. The van der Waals surface area contributed by atoms with Crippen molar-refractivity contribution in [1.29, 1.82) is 0 Å². The molecule has 0 bridgehead atoms. The summed E-state index contributed by atoms with van der Waals surface area (Å²) in [6.07, 6.45) is 8.89. The molecule has 0 amide bonds. The number of anilines is 1. The Morgan fingerprint density at radius 3 is 2.67 bits per heavy atom. The smallest absolute Gasteiger partial charge is 0.244 e. The Kier molecular flexibility index (Phi) is 5.50. The zero-order valence-corrected chi connectivity index (χ0v) is 15.1. The van der Waals surface area contributed by atoms with Gasteiger partial charge in [-0.3, -0.25) is 5.43 Å². The van der Waals surface area contributed by atoms with Crippen LogP contribution in [-0.4, -0.2) is 36.5 Å². The molecule has 0 aromatic carbocycles. The van der Waals surface area contributed by atoms with Gasteiger partial charge in [0.1, 0.15) is 10.7 Å². The monoisotopic (exact) mass is 350 g/mol. The maximum Gasteiger partial charge on any atom is 0.244 e. The molecular formula is C17H26N4O2S. The van der Waals surface area contributed by atoms with Gasteiger partial charge in [0, 0.05) is 25.0 Å². The molecule has 2 heterocycles. The van der Waals surface area contributed by atoms with Crippen molar-refractivity contribution in [3.63, 3.8) is 0 Å². The lowest BCUT2D eigenvalue weighted by molar-refractivity contribution is 0.346. The molecule has 132 valence electrons. The number of rotatable bonds is 4. The van der Waals surface area contributed by atoms with E-state index < -0.39 is 10.0 Å². The Labute approximate surface area is 144 Å². The molecule has 1 aromatic heterocycles. The largest absolute Gasteiger partial charge is 0.261 e. The van der Waals surface area contributed by atoms with Gasteiger partial charge in [-0.05, 0) is 56.6 Å². The number of hydrogen-bond donors (Lipinski definition) is 1. The van der Waals surface area contributed by atoms with Crippen LogP contribution in [0.25, 0.3) is 0 Å². The molecule has 0 spiro atoms. The third-order valence-corrected chi connectivity index (χ3v) is 6.65. The summed E-state index contributed by atoms with van der Waals surface area (Å²) in [4.78, 5) is 4.48. The van der Waals surface area contributed by atoms with Crippen molar-refractivity contribution in [1.82, 2.24) is 9.29 Å². The predicted molar refractivity (Wildman–Crippen MR) is 95.5 cm³/mol. The molecule has 0 radical (unpaired) electrons. The van der Waals surface area contributed by atoms with E-state index in [2.05, 4.69) is 22.4 Å². The van der Waals surface area contributed by atoms with Crippen LogP contribution in [0.5, 0.6) is 0 Å². The lowest BCUT2D eigenvalue weighted by Crippen LogP contribution is -2.35. The fourth-order valence-electron chi connectivity index (χ4n) is 3.35. The molecule has 24 heavy (non-hydrogen) atoms. The van der Waals surface area contributed by atoms with Gasteiger partial charge in [0.25, 0.3) is 0 Å². The molecule has 3 rings (SSSR count). The molecule has 1 saturated heterocycles. The topological polar surface area (TPSA) is 74.7 Å². The van der Waals surface area contributed by atoms with Crippen molar-refractivity contribution >= 4 is 21.6 Å². The summed E-state index contributed by atoms with van der Waals surface area (Å²) in [7, 11) is -3.41. The molecule has 1 atom stereocenters. The van der Waals surface area contributed by atoms with E-state index in [1.54, 1.807) is 16.4 Å². The molecule has 1 saturated carbocycles. The van der Waals surface area contributed by atoms with Crippen molar-refractivity contribution in [3.05, 3.63) is 18.3 Å². The molecule has 7 heteroatoms. The molecule has 1 aliphatic heterocycles. The molecule has 1 aliphatic carbocycles. The van der Waals surface area contributed by atoms with E-state index in [0.29, 0.717) is 24.8 Å². The van der Waals surface area contributed by atoms with Gasteiger partial charge < -0.3 is 0 Å². The Balaban J connectivity index is 1.65. The normalized spacial score (nSPS) is 24.9. The van der Waals surface area contributed by atoms with Crippen molar-refractivity contribution in [2.45, 2.75) is 56.8 Å². The summed E-state index contributed by atoms with van der Waals surface area (Å²) in [5.74, 6) is 1.27. The third-order valence-electron chi connectivity index (χ3n) is 4.76. The first-order valence-corrected chi connectivity index (χ1v) is 10.3. The van der Waals surface area contributed by atoms with Gasteiger partial charge in [0.2, 0.25) is 10.0 Å². The first-order valence-electron chi connectivity index (χ1n) is 8.83. The second-order valence-corrected chi connectivity index (χ2v) is 8.77. The van der Waals surface area contributed by atoms with Gasteiger partial charge in [0.05, 0.1) is 0 Å². The second-order valence-electron chi connectivity index (χ2n) is 6.84. The Morgan fingerprint density at radius 1 is 1.21 bits per heavy atom. The number of sulfonamides is 1. The van der Waals surface area contributed by atoms with Gasteiger partial charge in [-0.1, -0.05) is 13.3 Å². The van der Waals surface area contributed by atoms with Crippen molar-refractivity contribution in [2.24, 2.45) is 11.0 Å². The molecule has 1 N–H and O–H groups in total. The number of nitrogens with zero attached hydrogens (tertiary/aromatic N) is 3. The summed E-state index contributed by atoms with van der Waals surface area (Å²) in [5.41, 5.74) is 4.13. The average Bonchev–Trinajstić information content (AvgIpc) is 2.61. The second kappa shape index (κ2) is 7.61. The maximum atomic E-state index is 12.6. The van der Waals surface area contributed by atoms with Crippen LogP contribution in [0.1, 0.15) is 51.9 Å². The third kappa shape index (κ3) is 4.13. The van der Waals surface area contributed by atoms with Crippen LogP contribution in [0, 0.1) is 5.92 Å². The number of pyridine rings is 1. The molecule has 2 aliphatic rings. The average molecular weight is 350 g/mol. The van der Waals surface area contributed by atoms with Crippen LogP contribution in [-0.2, 0) is 10.0 Å².